The lowest BCUT2D eigenvalue weighted by Crippen LogP contribution is -2.28. The molecule has 0 bridgehead atoms. The van der Waals surface area contributed by atoms with Gasteiger partial charge in [-0.05, 0) is 17.3 Å². The first-order valence-corrected chi connectivity index (χ1v) is 6.12. The minimum Gasteiger partial charge on any atom is -0.301 e. The number of halogens is 1. The maximum atomic E-state index is 11.2. The van der Waals surface area contributed by atoms with E-state index in [-0.39, 0.29) is 11.2 Å². The predicted octanol–water partition coefficient (Wildman–Crippen LogP) is 1.14. The number of aromatic amines is 1. The summed E-state index contributed by atoms with van der Waals surface area (Å²) in [6, 6.07) is 1.37. The van der Waals surface area contributed by atoms with Gasteiger partial charge in [-0.2, -0.15) is 0 Å². The van der Waals surface area contributed by atoms with Crippen LogP contribution in [0.2, 0.25) is 0 Å². The van der Waals surface area contributed by atoms with Crippen molar-refractivity contribution in [2.45, 2.75) is 25.8 Å². The van der Waals surface area contributed by atoms with Crippen LogP contribution in [0.3, 0.4) is 0 Å². The number of aromatic nitrogens is 2. The molecule has 0 fully saturated rings. The van der Waals surface area contributed by atoms with Crippen LogP contribution in [-0.4, -0.2) is 14.0 Å². The van der Waals surface area contributed by atoms with Crippen molar-refractivity contribution in [2.75, 3.05) is 4.43 Å². The minimum absolute atomic E-state index is 0.313. The molecule has 0 aliphatic heterocycles. The van der Waals surface area contributed by atoms with Crippen LogP contribution in [-0.2, 0) is 6.54 Å². The van der Waals surface area contributed by atoms with Crippen LogP contribution in [0.1, 0.15) is 19.3 Å². The lowest BCUT2D eigenvalue weighted by Gasteiger charge is -2.02. The van der Waals surface area contributed by atoms with Crippen molar-refractivity contribution >= 4 is 22.6 Å². The maximum Gasteiger partial charge on any atom is 0.328 e. The molecule has 1 N–H and O–H groups in total. The number of rotatable bonds is 5. The molecule has 0 aromatic carbocycles. The second-order valence-electron chi connectivity index (χ2n) is 3.05. The van der Waals surface area contributed by atoms with Gasteiger partial charge in [0.15, 0.2) is 0 Å². The Hall–Kier alpha value is -0.590. The van der Waals surface area contributed by atoms with E-state index < -0.39 is 0 Å². The van der Waals surface area contributed by atoms with E-state index in [1.54, 1.807) is 6.20 Å². The van der Waals surface area contributed by atoms with Crippen molar-refractivity contribution in [3.8, 4) is 0 Å². The van der Waals surface area contributed by atoms with E-state index in [2.05, 4.69) is 27.6 Å². The predicted molar refractivity (Wildman–Crippen MR) is 64.1 cm³/mol. The Morgan fingerprint density at radius 1 is 1.29 bits per heavy atom. The summed E-state index contributed by atoms with van der Waals surface area (Å²) >= 11 is 2.34. The fourth-order valence-corrected chi connectivity index (χ4v) is 1.71. The van der Waals surface area contributed by atoms with Gasteiger partial charge < -0.3 is 4.57 Å². The normalized spacial score (nSPS) is 10.4. The molecule has 0 saturated carbocycles. The van der Waals surface area contributed by atoms with Crippen LogP contribution in [0.5, 0.6) is 0 Å². The highest BCUT2D eigenvalue weighted by molar-refractivity contribution is 14.1. The standard InChI is InChI=1S/C9H13IN2O2/c10-5-2-1-3-6-12-7-4-8(13)11-9(12)14/h4,7H,1-3,5-6H2,(H,11,13,14). The monoisotopic (exact) mass is 308 g/mol. The summed E-state index contributed by atoms with van der Waals surface area (Å²) in [7, 11) is 0. The smallest absolute Gasteiger partial charge is 0.301 e. The van der Waals surface area contributed by atoms with Crippen molar-refractivity contribution in [1.82, 2.24) is 9.55 Å². The molecule has 1 aromatic heterocycles. The Morgan fingerprint density at radius 3 is 2.71 bits per heavy atom. The molecule has 0 aliphatic carbocycles. The Bertz CT molecular complexity index is 383. The van der Waals surface area contributed by atoms with E-state index in [9.17, 15) is 9.59 Å². The summed E-state index contributed by atoms with van der Waals surface area (Å²) < 4.78 is 2.69. The number of unbranched alkanes of at least 4 members (excludes halogenated alkanes) is 2. The zero-order valence-electron chi connectivity index (χ0n) is 7.83. The highest BCUT2D eigenvalue weighted by Crippen LogP contribution is 1.99. The Morgan fingerprint density at radius 2 is 2.07 bits per heavy atom. The molecular formula is C9H13IN2O2. The molecule has 78 valence electrons. The van der Waals surface area contributed by atoms with Gasteiger partial charge in [-0.25, -0.2) is 4.79 Å². The summed E-state index contributed by atoms with van der Waals surface area (Å²) in [5.41, 5.74) is -0.648. The summed E-state index contributed by atoms with van der Waals surface area (Å²) in [4.78, 5) is 24.2. The topological polar surface area (TPSA) is 54.9 Å². The number of hydrogen-bond donors (Lipinski definition) is 1. The van der Waals surface area contributed by atoms with Crippen molar-refractivity contribution < 1.29 is 0 Å². The van der Waals surface area contributed by atoms with Crippen molar-refractivity contribution in [3.63, 3.8) is 0 Å². The molecule has 0 saturated heterocycles. The Kier molecular flexibility index (Phi) is 4.92. The summed E-state index contributed by atoms with van der Waals surface area (Å²) in [5, 5.41) is 0. The largest absolute Gasteiger partial charge is 0.328 e. The third kappa shape index (κ3) is 3.65. The van der Waals surface area contributed by atoms with E-state index in [0.29, 0.717) is 6.54 Å². The van der Waals surface area contributed by atoms with E-state index in [0.717, 1.165) is 17.3 Å². The first kappa shape index (κ1) is 11.5. The molecule has 4 nitrogen and oxygen atoms in total. The number of H-pyrrole nitrogens is 1. The summed E-state index contributed by atoms with van der Waals surface area (Å²) in [6.45, 7) is 0.687. The van der Waals surface area contributed by atoms with Gasteiger partial charge in [-0.1, -0.05) is 29.0 Å². The molecule has 0 unspecified atom stereocenters. The van der Waals surface area contributed by atoms with Crippen LogP contribution >= 0.6 is 22.6 Å². The van der Waals surface area contributed by atoms with Gasteiger partial charge in [-0.3, -0.25) is 9.78 Å². The zero-order chi connectivity index (χ0) is 10.4. The van der Waals surface area contributed by atoms with Gasteiger partial charge in [0.25, 0.3) is 5.56 Å². The first-order valence-electron chi connectivity index (χ1n) is 4.60. The number of nitrogens with one attached hydrogen (secondary N) is 1. The van der Waals surface area contributed by atoms with E-state index in [1.807, 2.05) is 0 Å². The zero-order valence-corrected chi connectivity index (χ0v) is 9.99. The van der Waals surface area contributed by atoms with Gasteiger partial charge in [-0.15, -0.1) is 0 Å². The number of nitrogens with zero attached hydrogens (tertiary/aromatic N) is 1. The third-order valence-electron chi connectivity index (χ3n) is 1.93. The quantitative estimate of drug-likeness (QED) is 0.504. The van der Waals surface area contributed by atoms with Gasteiger partial charge in [0.05, 0.1) is 0 Å². The van der Waals surface area contributed by atoms with Crippen LogP contribution in [0.4, 0.5) is 0 Å². The molecular weight excluding hydrogens is 295 g/mol. The molecule has 5 heteroatoms. The average molecular weight is 308 g/mol. The Balaban J connectivity index is 2.51. The van der Waals surface area contributed by atoms with Crippen LogP contribution in [0, 0.1) is 0 Å². The molecule has 0 amide bonds. The Labute approximate surface area is 95.5 Å². The number of hydrogen-bond acceptors (Lipinski definition) is 2. The van der Waals surface area contributed by atoms with Crippen molar-refractivity contribution in [1.29, 1.82) is 0 Å². The molecule has 1 rings (SSSR count). The molecule has 1 aromatic rings. The second-order valence-corrected chi connectivity index (χ2v) is 4.13. The second kappa shape index (κ2) is 6.00. The average Bonchev–Trinajstić information content (AvgIpc) is 2.15. The lowest BCUT2D eigenvalue weighted by atomic mass is 10.2. The summed E-state index contributed by atoms with van der Waals surface area (Å²) in [6.07, 6.45) is 4.83. The van der Waals surface area contributed by atoms with E-state index in [4.69, 9.17) is 0 Å². The van der Waals surface area contributed by atoms with Gasteiger partial charge >= 0.3 is 5.69 Å². The third-order valence-corrected chi connectivity index (χ3v) is 2.69. The summed E-state index contributed by atoms with van der Waals surface area (Å²) in [5.74, 6) is 0. The van der Waals surface area contributed by atoms with Crippen molar-refractivity contribution in [3.05, 3.63) is 33.1 Å². The highest BCUT2D eigenvalue weighted by Gasteiger charge is 1.95. The SMILES string of the molecule is O=c1ccn(CCCCCI)c(=O)[nH]1. The van der Waals surface area contributed by atoms with Crippen molar-refractivity contribution in [2.24, 2.45) is 0 Å². The van der Waals surface area contributed by atoms with E-state index >= 15 is 0 Å². The van der Waals surface area contributed by atoms with Gasteiger partial charge in [0.1, 0.15) is 0 Å². The fraction of sp³-hybridized carbons (Fsp3) is 0.556. The molecule has 14 heavy (non-hydrogen) atoms. The molecule has 1 heterocycles. The van der Waals surface area contributed by atoms with Crippen LogP contribution in [0.15, 0.2) is 21.9 Å². The van der Waals surface area contributed by atoms with Crippen LogP contribution in [0.25, 0.3) is 0 Å². The van der Waals surface area contributed by atoms with Gasteiger partial charge in [0.2, 0.25) is 0 Å². The van der Waals surface area contributed by atoms with Gasteiger partial charge in [0, 0.05) is 18.8 Å². The highest BCUT2D eigenvalue weighted by atomic mass is 127. The maximum absolute atomic E-state index is 11.2. The molecule has 0 aliphatic rings. The number of aryl methyl sites for hydroxylation is 1. The molecule has 0 spiro atoms. The number of alkyl halides is 1. The van der Waals surface area contributed by atoms with E-state index in [1.165, 1.54) is 17.1 Å². The first-order chi connectivity index (χ1) is 6.74. The fourth-order valence-electron chi connectivity index (χ4n) is 1.17. The lowest BCUT2D eigenvalue weighted by molar-refractivity contribution is 0.577. The molecule has 0 radical (unpaired) electrons. The minimum atomic E-state index is -0.335. The van der Waals surface area contributed by atoms with Crippen LogP contribution < -0.4 is 11.2 Å². The molecule has 0 atom stereocenters.